The van der Waals surface area contributed by atoms with Crippen molar-refractivity contribution < 1.29 is 4.79 Å². The van der Waals surface area contributed by atoms with Crippen molar-refractivity contribution in [1.29, 1.82) is 0 Å². The Kier molecular flexibility index (Phi) is 7.24. The quantitative estimate of drug-likeness (QED) is 0.168. The zero-order valence-corrected chi connectivity index (χ0v) is 20.7. The number of rotatable bonds is 7. The Morgan fingerprint density at radius 1 is 1.27 bits per heavy atom. The number of thiophene rings is 1. The molecule has 2 aromatic carbocycles. The van der Waals surface area contributed by atoms with Gasteiger partial charge in [-0.25, -0.2) is 4.98 Å². The number of hydrogen-bond donors (Lipinski definition) is 1. The van der Waals surface area contributed by atoms with E-state index in [1.807, 2.05) is 35.7 Å². The molecule has 2 heterocycles. The third kappa shape index (κ3) is 5.01. The van der Waals surface area contributed by atoms with E-state index in [2.05, 4.69) is 11.9 Å². The normalized spacial score (nSPS) is 12.0. The Morgan fingerprint density at radius 2 is 2.03 bits per heavy atom. The molecule has 0 spiro atoms. The molecular weight excluding hydrogens is 497 g/mol. The maximum Gasteiger partial charge on any atom is 0.263 e. The lowest BCUT2D eigenvalue weighted by Gasteiger charge is -2.15. The topological polar surface area (TPSA) is 64.0 Å². The first-order valence-corrected chi connectivity index (χ1v) is 12.5. The molecule has 0 saturated carbocycles. The second kappa shape index (κ2) is 10.1. The number of nitrogens with one attached hydrogen (secondary N) is 1. The monoisotopic (exact) mass is 515 g/mol. The van der Waals surface area contributed by atoms with Crippen LogP contribution in [0.4, 0.5) is 5.69 Å². The summed E-state index contributed by atoms with van der Waals surface area (Å²) in [6, 6.07) is 14.6. The number of amides is 1. The van der Waals surface area contributed by atoms with Crippen molar-refractivity contribution in [3.05, 3.63) is 87.0 Å². The van der Waals surface area contributed by atoms with E-state index in [9.17, 15) is 9.59 Å². The van der Waals surface area contributed by atoms with Gasteiger partial charge in [-0.3, -0.25) is 14.2 Å². The Balaban J connectivity index is 1.68. The zero-order valence-electron chi connectivity index (χ0n) is 17.5. The molecule has 0 saturated heterocycles. The summed E-state index contributed by atoms with van der Waals surface area (Å²) in [5, 5.41) is 6.06. The van der Waals surface area contributed by atoms with Gasteiger partial charge in [-0.1, -0.05) is 71.4 Å². The van der Waals surface area contributed by atoms with Gasteiger partial charge in [0, 0.05) is 22.5 Å². The molecule has 0 bridgehead atoms. The first kappa shape index (κ1) is 23.6. The number of benzene rings is 2. The largest absolute Gasteiger partial charge is 0.324 e. The number of nitrogens with zero attached hydrogens (tertiary/aromatic N) is 2. The predicted octanol–water partition coefficient (Wildman–Crippen LogP) is 6.74. The van der Waals surface area contributed by atoms with Crippen molar-refractivity contribution in [1.82, 2.24) is 9.55 Å². The molecule has 0 aliphatic heterocycles. The van der Waals surface area contributed by atoms with Crippen LogP contribution in [0, 0.1) is 0 Å². The van der Waals surface area contributed by atoms with Crippen molar-refractivity contribution >= 4 is 68.1 Å². The average Bonchev–Trinajstić information content (AvgIpc) is 3.23. The summed E-state index contributed by atoms with van der Waals surface area (Å²) in [6.45, 7) is 5.80. The highest BCUT2D eigenvalue weighted by Gasteiger charge is 2.22. The summed E-state index contributed by atoms with van der Waals surface area (Å²) in [5.41, 5.74) is 2.08. The Morgan fingerprint density at radius 3 is 2.76 bits per heavy atom. The van der Waals surface area contributed by atoms with E-state index in [0.717, 1.165) is 11.1 Å². The third-order valence-electron chi connectivity index (χ3n) is 4.89. The average molecular weight is 516 g/mol. The Labute approximate surface area is 209 Å². The molecule has 168 valence electrons. The Hall–Kier alpha value is -2.58. The fourth-order valence-corrected chi connectivity index (χ4v) is 5.50. The molecule has 4 aromatic rings. The lowest BCUT2D eigenvalue weighted by molar-refractivity contribution is -0.115. The number of anilines is 1. The third-order valence-corrected chi connectivity index (χ3v) is 7.42. The van der Waals surface area contributed by atoms with Gasteiger partial charge in [0.25, 0.3) is 5.56 Å². The molecular formula is C24H19Cl2N3O2S2. The second-order valence-corrected chi connectivity index (χ2v) is 10.2. The molecule has 2 aromatic heterocycles. The Bertz CT molecular complexity index is 1400. The lowest BCUT2D eigenvalue weighted by atomic mass is 10.1. The van der Waals surface area contributed by atoms with Gasteiger partial charge >= 0.3 is 0 Å². The van der Waals surface area contributed by atoms with Crippen molar-refractivity contribution in [3.63, 3.8) is 0 Å². The first-order chi connectivity index (χ1) is 15.9. The number of halogens is 2. The molecule has 1 unspecified atom stereocenters. The van der Waals surface area contributed by atoms with Crippen LogP contribution in [0.15, 0.2) is 76.5 Å². The summed E-state index contributed by atoms with van der Waals surface area (Å²) < 4.78 is 1.55. The van der Waals surface area contributed by atoms with Gasteiger partial charge in [-0.05, 0) is 30.7 Å². The van der Waals surface area contributed by atoms with Crippen molar-refractivity contribution in [3.8, 4) is 11.1 Å². The molecule has 1 N–H and O–H groups in total. The lowest BCUT2D eigenvalue weighted by Crippen LogP contribution is -2.26. The van der Waals surface area contributed by atoms with Crippen LogP contribution in [0.25, 0.3) is 21.3 Å². The number of hydrogen-bond acceptors (Lipinski definition) is 5. The van der Waals surface area contributed by atoms with Gasteiger partial charge in [-0.15, -0.1) is 17.9 Å². The standard InChI is InChI=1S/C24H19Cl2N3O2S2/c1-3-11-29-23(31)20-17(15-7-5-4-6-8-15)13-32-22(20)28-24(29)33-14(2)21(30)27-19-12-16(25)9-10-18(19)26/h3-10,12-14H,1,11H2,2H3,(H,27,30). The van der Waals surface area contributed by atoms with Gasteiger partial charge in [0.05, 0.1) is 21.3 Å². The molecule has 0 aliphatic rings. The smallest absolute Gasteiger partial charge is 0.263 e. The number of carbonyl (C=O) groups excluding carboxylic acids is 1. The molecule has 0 fully saturated rings. The minimum Gasteiger partial charge on any atom is -0.324 e. The van der Waals surface area contributed by atoms with Gasteiger partial charge in [0.1, 0.15) is 4.83 Å². The van der Waals surface area contributed by atoms with Crippen LogP contribution in [0.2, 0.25) is 10.0 Å². The highest BCUT2D eigenvalue weighted by molar-refractivity contribution is 8.00. The van der Waals surface area contributed by atoms with Crippen molar-refractivity contribution in [2.75, 3.05) is 5.32 Å². The number of thioether (sulfide) groups is 1. The van der Waals surface area contributed by atoms with Crippen molar-refractivity contribution in [2.45, 2.75) is 23.9 Å². The van der Waals surface area contributed by atoms with Gasteiger partial charge in [-0.2, -0.15) is 0 Å². The molecule has 0 radical (unpaired) electrons. The summed E-state index contributed by atoms with van der Waals surface area (Å²) in [5.74, 6) is -0.278. The van der Waals surface area contributed by atoms with Crippen molar-refractivity contribution in [2.24, 2.45) is 0 Å². The second-order valence-electron chi connectivity index (χ2n) is 7.17. The summed E-state index contributed by atoms with van der Waals surface area (Å²) in [7, 11) is 0. The number of fused-ring (bicyclic) bond motifs is 1. The highest BCUT2D eigenvalue weighted by atomic mass is 35.5. The van der Waals surface area contributed by atoms with E-state index in [1.165, 1.54) is 23.1 Å². The van der Waals surface area contributed by atoms with Gasteiger partial charge in [0.15, 0.2) is 5.16 Å². The minimum absolute atomic E-state index is 0.159. The summed E-state index contributed by atoms with van der Waals surface area (Å²) in [4.78, 5) is 31.6. The number of allylic oxidation sites excluding steroid dienone is 1. The van der Waals surface area contributed by atoms with Crippen LogP contribution in [-0.2, 0) is 11.3 Å². The van der Waals surface area contributed by atoms with Crippen LogP contribution < -0.4 is 10.9 Å². The van der Waals surface area contributed by atoms with E-state index < -0.39 is 5.25 Å². The van der Waals surface area contributed by atoms with Crippen LogP contribution >= 0.6 is 46.3 Å². The van der Waals surface area contributed by atoms with E-state index in [-0.39, 0.29) is 18.0 Å². The summed E-state index contributed by atoms with van der Waals surface area (Å²) in [6.07, 6.45) is 1.64. The van der Waals surface area contributed by atoms with Crippen LogP contribution in [0.3, 0.4) is 0 Å². The maximum absolute atomic E-state index is 13.5. The van der Waals surface area contributed by atoms with E-state index in [0.29, 0.717) is 31.1 Å². The molecule has 1 atom stereocenters. The number of carbonyl (C=O) groups is 1. The highest BCUT2D eigenvalue weighted by Crippen LogP contribution is 2.33. The minimum atomic E-state index is -0.547. The first-order valence-electron chi connectivity index (χ1n) is 10.00. The fourth-order valence-electron chi connectivity index (χ4n) is 3.26. The molecule has 1 amide bonds. The molecule has 4 rings (SSSR count). The zero-order chi connectivity index (χ0) is 23.5. The van der Waals surface area contributed by atoms with Crippen LogP contribution in [0.1, 0.15) is 6.92 Å². The summed E-state index contributed by atoms with van der Waals surface area (Å²) >= 11 is 14.8. The van der Waals surface area contributed by atoms with Gasteiger partial charge in [0.2, 0.25) is 5.91 Å². The fraction of sp³-hybridized carbons (Fsp3) is 0.125. The number of aromatic nitrogens is 2. The van der Waals surface area contributed by atoms with Gasteiger partial charge < -0.3 is 5.32 Å². The van der Waals surface area contributed by atoms with E-state index >= 15 is 0 Å². The predicted molar refractivity (Wildman–Crippen MR) is 140 cm³/mol. The van der Waals surface area contributed by atoms with Crippen LogP contribution in [-0.4, -0.2) is 20.7 Å². The SMILES string of the molecule is C=CCn1c(SC(C)C(=O)Nc2cc(Cl)ccc2Cl)nc2scc(-c3ccccc3)c2c1=O. The molecule has 0 aliphatic carbocycles. The van der Waals surface area contributed by atoms with Crippen LogP contribution in [0.5, 0.6) is 0 Å². The molecule has 5 nitrogen and oxygen atoms in total. The maximum atomic E-state index is 13.5. The van der Waals surface area contributed by atoms with E-state index in [1.54, 1.807) is 35.8 Å². The molecule has 33 heavy (non-hydrogen) atoms. The van der Waals surface area contributed by atoms with E-state index in [4.69, 9.17) is 28.2 Å². The molecule has 9 heteroatoms.